The summed E-state index contributed by atoms with van der Waals surface area (Å²) in [4.78, 5) is 17.3. The molecule has 3 nitrogen and oxygen atoms in total. The zero-order valence-electron chi connectivity index (χ0n) is 10.5. The highest BCUT2D eigenvalue weighted by Gasteiger charge is 2.16. The van der Waals surface area contributed by atoms with Crippen LogP contribution in [0, 0.1) is 0 Å². The second kappa shape index (κ2) is 5.27. The van der Waals surface area contributed by atoms with Crippen molar-refractivity contribution in [3.63, 3.8) is 0 Å². The van der Waals surface area contributed by atoms with Crippen molar-refractivity contribution < 1.29 is 9.90 Å². The van der Waals surface area contributed by atoms with Crippen molar-refractivity contribution in [1.82, 2.24) is 4.98 Å². The molecule has 0 bridgehead atoms. The topological polar surface area (TPSA) is 50.2 Å². The molecule has 0 atom stereocenters. The molecule has 0 saturated heterocycles. The van der Waals surface area contributed by atoms with E-state index in [0.717, 1.165) is 5.56 Å². The Morgan fingerprint density at radius 3 is 2.70 bits per heavy atom. The van der Waals surface area contributed by atoms with Crippen molar-refractivity contribution in [3.8, 4) is 5.75 Å². The Kier molecular flexibility index (Phi) is 3.31. The van der Waals surface area contributed by atoms with Crippen LogP contribution in [0.4, 0.5) is 0 Å². The van der Waals surface area contributed by atoms with Crippen LogP contribution in [0.15, 0.2) is 54.7 Å². The molecule has 0 aliphatic heterocycles. The number of hydrogen-bond donors (Lipinski definition) is 1. The minimum absolute atomic E-state index is 0.0146. The van der Waals surface area contributed by atoms with Crippen LogP contribution in [-0.2, 0) is 0 Å². The fourth-order valence-electron chi connectivity index (χ4n) is 1.90. The number of benzene rings is 1. The highest BCUT2D eigenvalue weighted by molar-refractivity contribution is 7.21. The van der Waals surface area contributed by atoms with Crippen LogP contribution in [0.5, 0.6) is 5.75 Å². The quantitative estimate of drug-likeness (QED) is 0.585. The van der Waals surface area contributed by atoms with Gasteiger partial charge >= 0.3 is 0 Å². The molecule has 0 unspecified atom stereocenters. The lowest BCUT2D eigenvalue weighted by atomic mass is 10.2. The molecule has 1 aromatic carbocycles. The molecule has 2 heterocycles. The maximum atomic E-state index is 12.1. The second-order valence-electron chi connectivity index (χ2n) is 4.24. The summed E-state index contributed by atoms with van der Waals surface area (Å²) in [7, 11) is 0. The van der Waals surface area contributed by atoms with Gasteiger partial charge in [-0.15, -0.1) is 11.3 Å². The highest BCUT2D eigenvalue weighted by Crippen LogP contribution is 2.35. The van der Waals surface area contributed by atoms with E-state index in [4.69, 9.17) is 0 Å². The number of nitrogens with zero attached hydrogens (tertiary/aromatic N) is 1. The molecule has 0 saturated carbocycles. The predicted octanol–water partition coefficient (Wildman–Crippen LogP) is 3.90. The summed E-state index contributed by atoms with van der Waals surface area (Å²) in [6.07, 6.45) is 4.85. The Bertz CT molecular complexity index is 791. The molecule has 4 heteroatoms. The largest absolute Gasteiger partial charge is 0.506 e. The van der Waals surface area contributed by atoms with E-state index >= 15 is 0 Å². The maximum absolute atomic E-state index is 12.1. The minimum atomic E-state index is -0.214. The van der Waals surface area contributed by atoms with E-state index in [0.29, 0.717) is 15.1 Å². The van der Waals surface area contributed by atoms with E-state index in [-0.39, 0.29) is 11.5 Å². The Hall–Kier alpha value is -2.46. The van der Waals surface area contributed by atoms with Crippen molar-refractivity contribution >= 4 is 33.4 Å². The molecule has 0 aliphatic rings. The summed E-state index contributed by atoms with van der Waals surface area (Å²) in [6, 6.07) is 13.1. The minimum Gasteiger partial charge on any atom is -0.506 e. The van der Waals surface area contributed by atoms with Gasteiger partial charge in [-0.05, 0) is 23.8 Å². The van der Waals surface area contributed by atoms with Gasteiger partial charge in [-0.2, -0.15) is 0 Å². The van der Waals surface area contributed by atoms with E-state index in [1.165, 1.54) is 17.4 Å². The predicted molar refractivity (Wildman–Crippen MR) is 81.1 cm³/mol. The number of allylic oxidation sites excluding steroid dienone is 1. The van der Waals surface area contributed by atoms with Gasteiger partial charge in [0.15, 0.2) is 5.78 Å². The lowest BCUT2D eigenvalue weighted by molar-refractivity contribution is 0.104. The third-order valence-electron chi connectivity index (χ3n) is 2.89. The van der Waals surface area contributed by atoms with Crippen LogP contribution in [0.3, 0.4) is 0 Å². The molecule has 0 aliphatic carbocycles. The van der Waals surface area contributed by atoms with Gasteiger partial charge < -0.3 is 5.11 Å². The number of aromatic nitrogens is 1. The molecule has 2 aromatic heterocycles. The van der Waals surface area contributed by atoms with Crippen LogP contribution < -0.4 is 0 Å². The second-order valence-corrected chi connectivity index (χ2v) is 5.24. The van der Waals surface area contributed by atoms with Gasteiger partial charge in [-0.25, -0.2) is 4.98 Å². The summed E-state index contributed by atoms with van der Waals surface area (Å²) in [5, 5.41) is 10.7. The SMILES string of the molecule is O=C(C=Cc1ccccc1)c1sc2ncccc2c1O. The average molecular weight is 281 g/mol. The van der Waals surface area contributed by atoms with Gasteiger partial charge in [0.1, 0.15) is 15.5 Å². The molecule has 0 spiro atoms. The molecule has 3 rings (SSSR count). The van der Waals surface area contributed by atoms with Gasteiger partial charge in [-0.3, -0.25) is 4.79 Å². The third kappa shape index (κ3) is 2.33. The first-order valence-corrected chi connectivity index (χ1v) is 6.91. The first-order chi connectivity index (χ1) is 9.75. The van der Waals surface area contributed by atoms with Gasteiger partial charge in [0.25, 0.3) is 0 Å². The number of ketones is 1. The third-order valence-corrected chi connectivity index (χ3v) is 4.01. The Balaban J connectivity index is 1.93. The number of pyridine rings is 1. The first-order valence-electron chi connectivity index (χ1n) is 6.09. The normalized spacial score (nSPS) is 11.2. The van der Waals surface area contributed by atoms with Crippen molar-refractivity contribution in [2.75, 3.05) is 0 Å². The van der Waals surface area contributed by atoms with Crippen LogP contribution in [0.25, 0.3) is 16.3 Å². The van der Waals surface area contributed by atoms with E-state index in [2.05, 4.69) is 4.98 Å². The molecule has 0 amide bonds. The van der Waals surface area contributed by atoms with Gasteiger partial charge in [0.2, 0.25) is 0 Å². The summed E-state index contributed by atoms with van der Waals surface area (Å²) >= 11 is 1.21. The fraction of sp³-hybridized carbons (Fsp3) is 0. The molecule has 0 fully saturated rings. The van der Waals surface area contributed by atoms with Crippen molar-refractivity contribution in [2.45, 2.75) is 0 Å². The lowest BCUT2D eigenvalue weighted by Crippen LogP contribution is -1.89. The number of carbonyl (C=O) groups excluding carboxylic acids is 1. The number of rotatable bonds is 3. The van der Waals surface area contributed by atoms with Crippen LogP contribution in [0.2, 0.25) is 0 Å². The zero-order chi connectivity index (χ0) is 13.9. The van der Waals surface area contributed by atoms with E-state index in [9.17, 15) is 9.90 Å². The van der Waals surface area contributed by atoms with Crippen LogP contribution >= 0.6 is 11.3 Å². The molecular weight excluding hydrogens is 270 g/mol. The van der Waals surface area contributed by atoms with Crippen LogP contribution in [-0.4, -0.2) is 15.9 Å². The Morgan fingerprint density at radius 1 is 1.15 bits per heavy atom. The maximum Gasteiger partial charge on any atom is 0.199 e. The lowest BCUT2D eigenvalue weighted by Gasteiger charge is -1.93. The van der Waals surface area contributed by atoms with Gasteiger partial charge in [0, 0.05) is 6.20 Å². The summed E-state index contributed by atoms with van der Waals surface area (Å²) in [5.41, 5.74) is 0.944. The Morgan fingerprint density at radius 2 is 1.95 bits per heavy atom. The molecule has 3 aromatic rings. The average Bonchev–Trinajstić information content (AvgIpc) is 2.84. The first kappa shape index (κ1) is 12.6. The molecular formula is C16H11NO2S. The van der Waals surface area contributed by atoms with Crippen molar-refractivity contribution in [1.29, 1.82) is 0 Å². The van der Waals surface area contributed by atoms with Gasteiger partial charge in [0.05, 0.1) is 5.39 Å². The monoisotopic (exact) mass is 281 g/mol. The highest BCUT2D eigenvalue weighted by atomic mass is 32.1. The molecule has 20 heavy (non-hydrogen) atoms. The number of thiophene rings is 1. The smallest absolute Gasteiger partial charge is 0.199 e. The van der Waals surface area contributed by atoms with E-state index in [1.54, 1.807) is 24.4 Å². The van der Waals surface area contributed by atoms with Crippen molar-refractivity contribution in [2.24, 2.45) is 0 Å². The summed E-state index contributed by atoms with van der Waals surface area (Å²) in [6.45, 7) is 0. The molecule has 1 N–H and O–H groups in total. The number of aromatic hydroxyl groups is 1. The fourth-order valence-corrected chi connectivity index (χ4v) is 2.86. The summed E-state index contributed by atoms with van der Waals surface area (Å²) < 4.78 is 0. The van der Waals surface area contributed by atoms with Crippen molar-refractivity contribution in [3.05, 3.63) is 65.2 Å². The number of fused-ring (bicyclic) bond motifs is 1. The standard InChI is InChI=1S/C16H11NO2S/c18-13(9-8-11-5-2-1-3-6-11)15-14(19)12-7-4-10-17-16(12)20-15/h1-10,19H. The zero-order valence-corrected chi connectivity index (χ0v) is 11.3. The molecule has 0 radical (unpaired) electrons. The number of carbonyl (C=O) groups is 1. The van der Waals surface area contributed by atoms with Crippen LogP contribution in [0.1, 0.15) is 15.2 Å². The van der Waals surface area contributed by atoms with Gasteiger partial charge in [-0.1, -0.05) is 36.4 Å². The number of hydrogen-bond acceptors (Lipinski definition) is 4. The summed E-state index contributed by atoms with van der Waals surface area (Å²) in [5.74, 6) is -0.199. The van der Waals surface area contributed by atoms with E-state index < -0.39 is 0 Å². The Labute approximate surface area is 119 Å². The van der Waals surface area contributed by atoms with E-state index in [1.807, 2.05) is 30.3 Å². The molecule has 98 valence electrons.